The topological polar surface area (TPSA) is 60.0 Å². The summed E-state index contributed by atoms with van der Waals surface area (Å²) >= 11 is 0. The Labute approximate surface area is 199 Å². The molecule has 2 amide bonds. The highest BCUT2D eigenvalue weighted by Crippen LogP contribution is 2.29. The van der Waals surface area contributed by atoms with Gasteiger partial charge in [0, 0.05) is 19.2 Å². The van der Waals surface area contributed by atoms with Crippen molar-refractivity contribution in [3.8, 4) is 17.2 Å². The maximum Gasteiger partial charge on any atom is 0.322 e. The van der Waals surface area contributed by atoms with Gasteiger partial charge in [0.2, 0.25) is 0 Å². The molecule has 1 N–H and O–H groups in total. The molecule has 182 valence electrons. The van der Waals surface area contributed by atoms with Crippen LogP contribution in [0.2, 0.25) is 0 Å². The van der Waals surface area contributed by atoms with Crippen LogP contribution >= 0.6 is 0 Å². The van der Waals surface area contributed by atoms with Gasteiger partial charge in [0.15, 0.2) is 0 Å². The Balaban J connectivity index is 2.11. The zero-order valence-corrected chi connectivity index (χ0v) is 21.0. The van der Waals surface area contributed by atoms with E-state index in [0.717, 1.165) is 37.0 Å². The van der Waals surface area contributed by atoms with E-state index in [0.29, 0.717) is 36.2 Å². The summed E-state index contributed by atoms with van der Waals surface area (Å²) in [5, 5.41) is 3.00. The molecule has 0 saturated carbocycles. The molecular weight excluding hydrogens is 416 g/mol. The third-order valence-corrected chi connectivity index (χ3v) is 5.70. The highest BCUT2D eigenvalue weighted by Gasteiger charge is 2.17. The fourth-order valence-electron chi connectivity index (χ4n) is 3.66. The molecule has 2 rings (SSSR count). The maximum atomic E-state index is 13.2. The van der Waals surface area contributed by atoms with Gasteiger partial charge < -0.3 is 24.4 Å². The predicted molar refractivity (Wildman–Crippen MR) is 134 cm³/mol. The van der Waals surface area contributed by atoms with Gasteiger partial charge in [-0.25, -0.2) is 4.79 Å². The number of unbranched alkanes of at least 4 members (excludes halogenated alkanes) is 2. The lowest BCUT2D eigenvalue weighted by atomic mass is 10.1. The number of methoxy groups -OCH3 is 2. The van der Waals surface area contributed by atoms with Crippen LogP contribution in [0.15, 0.2) is 42.5 Å². The molecule has 1 atom stereocenters. The van der Waals surface area contributed by atoms with E-state index in [4.69, 9.17) is 14.2 Å². The molecule has 0 fully saturated rings. The van der Waals surface area contributed by atoms with Crippen molar-refractivity contribution >= 4 is 11.7 Å². The number of benzene rings is 2. The van der Waals surface area contributed by atoms with E-state index in [1.54, 1.807) is 32.4 Å². The number of nitrogens with zero attached hydrogens (tertiary/aromatic N) is 1. The van der Waals surface area contributed by atoms with Crippen LogP contribution < -0.4 is 19.5 Å². The lowest BCUT2D eigenvalue weighted by Crippen LogP contribution is -2.35. The maximum absolute atomic E-state index is 13.2. The molecule has 0 aliphatic carbocycles. The number of rotatable bonds is 13. The van der Waals surface area contributed by atoms with Gasteiger partial charge in [0.05, 0.1) is 19.9 Å². The van der Waals surface area contributed by atoms with Crippen LogP contribution in [0, 0.1) is 5.92 Å². The molecule has 0 saturated heterocycles. The molecule has 6 nitrogen and oxygen atoms in total. The zero-order chi connectivity index (χ0) is 24.2. The van der Waals surface area contributed by atoms with Crippen LogP contribution in [0.25, 0.3) is 0 Å². The fraction of sp³-hybridized carbons (Fsp3) is 0.519. The summed E-state index contributed by atoms with van der Waals surface area (Å²) < 4.78 is 16.8. The molecule has 2 aromatic carbocycles. The van der Waals surface area contributed by atoms with Gasteiger partial charge in [-0.15, -0.1) is 0 Å². The Kier molecular flexibility index (Phi) is 10.9. The highest BCUT2D eigenvalue weighted by atomic mass is 16.5. The van der Waals surface area contributed by atoms with Crippen molar-refractivity contribution < 1.29 is 19.0 Å². The molecule has 2 aromatic rings. The van der Waals surface area contributed by atoms with Crippen LogP contribution in [0.4, 0.5) is 10.5 Å². The Bertz CT molecular complexity index is 852. The summed E-state index contributed by atoms with van der Waals surface area (Å²) in [6.45, 7) is 9.85. The van der Waals surface area contributed by atoms with Crippen LogP contribution in [0.5, 0.6) is 17.2 Å². The van der Waals surface area contributed by atoms with E-state index in [2.05, 4.69) is 33.0 Å². The standard InChI is InChI=1S/C27H40N2O4/c1-7-9-10-17-29(27(30)28-24-16-15-23(31-5)18-26(24)32-6)19-21-11-13-22(14-12-21)33-25(8-2)20(3)4/h11-16,18,20,25H,7-10,17,19H2,1-6H3,(H,28,30). The number of hydrogen-bond acceptors (Lipinski definition) is 4. The first-order chi connectivity index (χ1) is 15.9. The molecule has 0 radical (unpaired) electrons. The van der Waals surface area contributed by atoms with Crippen LogP contribution in [-0.2, 0) is 6.54 Å². The highest BCUT2D eigenvalue weighted by molar-refractivity contribution is 5.91. The number of hydrogen-bond donors (Lipinski definition) is 1. The Morgan fingerprint density at radius 2 is 1.67 bits per heavy atom. The fourth-order valence-corrected chi connectivity index (χ4v) is 3.66. The van der Waals surface area contributed by atoms with Crippen molar-refractivity contribution in [1.29, 1.82) is 0 Å². The van der Waals surface area contributed by atoms with Crippen molar-refractivity contribution in [3.05, 3.63) is 48.0 Å². The second-order valence-electron chi connectivity index (χ2n) is 8.58. The van der Waals surface area contributed by atoms with Crippen molar-refractivity contribution in [2.75, 3.05) is 26.1 Å². The van der Waals surface area contributed by atoms with E-state index in [1.807, 2.05) is 29.2 Å². The molecule has 0 bridgehead atoms. The number of carbonyl (C=O) groups excluding carboxylic acids is 1. The van der Waals surface area contributed by atoms with Gasteiger partial charge >= 0.3 is 6.03 Å². The summed E-state index contributed by atoms with van der Waals surface area (Å²) in [6.07, 6.45) is 4.31. The first-order valence-electron chi connectivity index (χ1n) is 11.9. The predicted octanol–water partition coefficient (Wildman–Crippen LogP) is 6.74. The zero-order valence-electron chi connectivity index (χ0n) is 21.0. The molecule has 0 spiro atoms. The molecule has 0 aliphatic heterocycles. The van der Waals surface area contributed by atoms with Crippen molar-refractivity contribution in [3.63, 3.8) is 0 Å². The SMILES string of the molecule is CCCCCN(Cc1ccc(OC(CC)C(C)C)cc1)C(=O)Nc1ccc(OC)cc1OC. The molecule has 1 unspecified atom stereocenters. The average molecular weight is 457 g/mol. The van der Waals surface area contributed by atoms with Gasteiger partial charge in [-0.2, -0.15) is 0 Å². The molecule has 0 aliphatic rings. The van der Waals surface area contributed by atoms with E-state index in [1.165, 1.54) is 0 Å². The molecule has 6 heteroatoms. The van der Waals surface area contributed by atoms with E-state index < -0.39 is 0 Å². The number of amides is 2. The quantitative estimate of drug-likeness (QED) is 0.339. The van der Waals surface area contributed by atoms with Crippen LogP contribution in [0.1, 0.15) is 58.9 Å². The lowest BCUT2D eigenvalue weighted by Gasteiger charge is -2.24. The minimum absolute atomic E-state index is 0.152. The minimum atomic E-state index is -0.152. The summed E-state index contributed by atoms with van der Waals surface area (Å²) in [5.74, 6) is 2.56. The number of carbonyl (C=O) groups is 1. The second kappa shape index (κ2) is 13.6. The second-order valence-corrected chi connectivity index (χ2v) is 8.58. The molecule has 33 heavy (non-hydrogen) atoms. The average Bonchev–Trinajstić information content (AvgIpc) is 2.82. The van der Waals surface area contributed by atoms with Crippen molar-refractivity contribution in [2.45, 2.75) is 66.0 Å². The van der Waals surface area contributed by atoms with Gasteiger partial charge in [0.25, 0.3) is 0 Å². The minimum Gasteiger partial charge on any atom is -0.497 e. The van der Waals surface area contributed by atoms with Gasteiger partial charge in [-0.3, -0.25) is 0 Å². The lowest BCUT2D eigenvalue weighted by molar-refractivity contribution is 0.147. The summed E-state index contributed by atoms with van der Waals surface area (Å²) in [7, 11) is 3.18. The summed E-state index contributed by atoms with van der Waals surface area (Å²) in [6, 6.07) is 13.3. The number of anilines is 1. The third-order valence-electron chi connectivity index (χ3n) is 5.70. The van der Waals surface area contributed by atoms with Crippen LogP contribution in [0.3, 0.4) is 0 Å². The Morgan fingerprint density at radius 3 is 2.24 bits per heavy atom. The first kappa shape index (κ1) is 26.4. The largest absolute Gasteiger partial charge is 0.497 e. The monoisotopic (exact) mass is 456 g/mol. The van der Waals surface area contributed by atoms with E-state index in [-0.39, 0.29) is 12.1 Å². The summed E-state index contributed by atoms with van der Waals surface area (Å²) in [4.78, 5) is 15.0. The third kappa shape index (κ3) is 8.19. The Hall–Kier alpha value is -2.89. The van der Waals surface area contributed by atoms with Crippen LogP contribution in [-0.4, -0.2) is 37.8 Å². The van der Waals surface area contributed by atoms with Gasteiger partial charge in [-0.05, 0) is 48.6 Å². The number of nitrogens with one attached hydrogen (secondary N) is 1. The first-order valence-corrected chi connectivity index (χ1v) is 11.9. The molecular formula is C27H40N2O4. The Morgan fingerprint density at radius 1 is 0.970 bits per heavy atom. The van der Waals surface area contributed by atoms with Crippen molar-refractivity contribution in [1.82, 2.24) is 4.90 Å². The van der Waals surface area contributed by atoms with E-state index >= 15 is 0 Å². The van der Waals surface area contributed by atoms with Gasteiger partial charge in [0.1, 0.15) is 23.4 Å². The molecule has 0 heterocycles. The number of ether oxygens (including phenoxy) is 3. The van der Waals surface area contributed by atoms with Crippen molar-refractivity contribution in [2.24, 2.45) is 5.92 Å². The van der Waals surface area contributed by atoms with E-state index in [9.17, 15) is 4.79 Å². The van der Waals surface area contributed by atoms with Gasteiger partial charge in [-0.1, -0.05) is 52.7 Å². The summed E-state index contributed by atoms with van der Waals surface area (Å²) in [5.41, 5.74) is 1.68. The number of urea groups is 1. The molecule has 0 aromatic heterocycles. The smallest absolute Gasteiger partial charge is 0.322 e. The normalized spacial score (nSPS) is 11.7.